The van der Waals surface area contributed by atoms with Gasteiger partial charge in [0.1, 0.15) is 11.8 Å². The lowest BCUT2D eigenvalue weighted by Crippen LogP contribution is -2.58. The molecule has 0 spiro atoms. The second-order valence-electron chi connectivity index (χ2n) is 9.86. The Balaban J connectivity index is 1.89. The molecule has 3 amide bonds. The first-order valence-corrected chi connectivity index (χ1v) is 13.6. The van der Waals surface area contributed by atoms with Crippen LogP contribution in [0.4, 0.5) is 0 Å². The Morgan fingerprint density at radius 1 is 1.18 bits per heavy atom. The summed E-state index contributed by atoms with van der Waals surface area (Å²) in [6, 6.07) is 12.1. The van der Waals surface area contributed by atoms with Gasteiger partial charge in [0.25, 0.3) is 11.8 Å². The summed E-state index contributed by atoms with van der Waals surface area (Å²) in [5, 5.41) is 16.9. The Morgan fingerprint density at radius 2 is 1.87 bits per heavy atom. The van der Waals surface area contributed by atoms with Gasteiger partial charge in [-0.1, -0.05) is 42.5 Å². The Hall–Kier alpha value is -3.63. The van der Waals surface area contributed by atoms with Crippen LogP contribution in [0.2, 0.25) is 0 Å². The topological polar surface area (TPSA) is 125 Å². The van der Waals surface area contributed by atoms with E-state index in [4.69, 9.17) is 4.74 Å². The van der Waals surface area contributed by atoms with Crippen molar-refractivity contribution in [3.8, 4) is 5.75 Å². The lowest BCUT2D eigenvalue weighted by atomic mass is 9.96. The molecule has 0 saturated carbocycles. The van der Waals surface area contributed by atoms with E-state index >= 15 is 0 Å². The van der Waals surface area contributed by atoms with E-state index in [2.05, 4.69) is 17.2 Å². The molecule has 1 heterocycles. The van der Waals surface area contributed by atoms with Crippen molar-refractivity contribution in [2.24, 2.45) is 0 Å². The number of nitrogens with one attached hydrogen (secondary N) is 2. The molecule has 1 aliphatic heterocycles. The molecule has 0 aromatic heterocycles. The SMILES string of the molecule is C=CCNC(=O)[C@H]1N(C(=O)C(O)C(Cc2ccccc2)NC(=O)c2cccc(OC(C)=O)c2C)CSC1(C)C. The molecule has 1 fully saturated rings. The number of thioether (sulfide) groups is 1. The first-order chi connectivity index (χ1) is 18.5. The zero-order valence-corrected chi connectivity index (χ0v) is 23.4. The Labute approximate surface area is 233 Å². The summed E-state index contributed by atoms with van der Waals surface area (Å²) in [6.45, 7) is 10.5. The predicted octanol–water partition coefficient (Wildman–Crippen LogP) is 2.60. The molecular formula is C29H35N3O6S. The third-order valence-corrected chi connectivity index (χ3v) is 7.90. The Kier molecular flexibility index (Phi) is 9.93. The van der Waals surface area contributed by atoms with E-state index in [0.29, 0.717) is 5.56 Å². The molecule has 0 radical (unpaired) electrons. The third kappa shape index (κ3) is 7.27. The molecule has 9 nitrogen and oxygen atoms in total. The van der Waals surface area contributed by atoms with Crippen molar-refractivity contribution in [3.63, 3.8) is 0 Å². The van der Waals surface area contributed by atoms with Crippen molar-refractivity contribution >= 4 is 35.5 Å². The maximum atomic E-state index is 13.7. The molecule has 2 unspecified atom stereocenters. The molecule has 2 aromatic rings. The standard InChI is InChI=1S/C29H35N3O6S/c1-6-15-30-27(36)25-29(4,5)39-17-32(25)28(37)24(34)22(16-20-11-8-7-9-12-20)31-26(35)21-13-10-14-23(18(21)2)38-19(3)33/h6-14,22,24-25,34H,1,15-17H2,2-5H3,(H,30,36)(H,31,35)/t22?,24?,25-/m1/s1. The van der Waals surface area contributed by atoms with Crippen LogP contribution in [0, 0.1) is 6.92 Å². The summed E-state index contributed by atoms with van der Waals surface area (Å²) < 4.78 is 4.61. The van der Waals surface area contributed by atoms with Crippen molar-refractivity contribution < 1.29 is 29.0 Å². The maximum absolute atomic E-state index is 13.7. The van der Waals surface area contributed by atoms with Crippen molar-refractivity contribution in [1.29, 1.82) is 0 Å². The van der Waals surface area contributed by atoms with Crippen LogP contribution >= 0.6 is 11.8 Å². The van der Waals surface area contributed by atoms with Gasteiger partial charge in [-0.15, -0.1) is 18.3 Å². The molecule has 10 heteroatoms. The summed E-state index contributed by atoms with van der Waals surface area (Å²) in [6.07, 6.45) is 0.0906. The van der Waals surface area contributed by atoms with Gasteiger partial charge in [0.2, 0.25) is 5.91 Å². The van der Waals surface area contributed by atoms with E-state index in [1.165, 1.54) is 23.6 Å². The summed E-state index contributed by atoms with van der Waals surface area (Å²) in [5.74, 6) is -1.59. The Bertz CT molecular complexity index is 1230. The highest BCUT2D eigenvalue weighted by atomic mass is 32.2. The molecule has 3 rings (SSSR count). The number of rotatable bonds is 10. The highest BCUT2D eigenvalue weighted by Crippen LogP contribution is 2.39. The van der Waals surface area contributed by atoms with E-state index < -0.39 is 40.7 Å². The fraction of sp³-hybridized carbons (Fsp3) is 0.379. The second-order valence-corrected chi connectivity index (χ2v) is 11.5. The highest BCUT2D eigenvalue weighted by Gasteiger charge is 2.49. The van der Waals surface area contributed by atoms with Gasteiger partial charge in [-0.3, -0.25) is 19.2 Å². The second kappa shape index (κ2) is 12.9. The van der Waals surface area contributed by atoms with Crippen molar-refractivity contribution in [2.45, 2.75) is 57.1 Å². The molecular weight excluding hydrogens is 518 g/mol. The molecule has 3 N–H and O–H groups in total. The fourth-order valence-corrected chi connectivity index (χ4v) is 5.65. The zero-order valence-electron chi connectivity index (χ0n) is 22.6. The quantitative estimate of drug-likeness (QED) is 0.235. The molecule has 1 aliphatic rings. The van der Waals surface area contributed by atoms with E-state index in [-0.39, 0.29) is 36.1 Å². The van der Waals surface area contributed by atoms with Gasteiger partial charge in [-0.2, -0.15) is 0 Å². The number of aliphatic hydroxyl groups excluding tert-OH is 1. The van der Waals surface area contributed by atoms with Crippen LogP contribution in [0.15, 0.2) is 61.2 Å². The molecule has 2 aromatic carbocycles. The number of carbonyl (C=O) groups excluding carboxylic acids is 4. The van der Waals surface area contributed by atoms with Gasteiger partial charge < -0.3 is 25.4 Å². The van der Waals surface area contributed by atoms with Gasteiger partial charge in [-0.25, -0.2) is 0 Å². The first kappa shape index (κ1) is 29.9. The van der Waals surface area contributed by atoms with Gasteiger partial charge in [0, 0.05) is 29.3 Å². The predicted molar refractivity (Wildman–Crippen MR) is 150 cm³/mol. The minimum atomic E-state index is -1.63. The van der Waals surface area contributed by atoms with Gasteiger partial charge >= 0.3 is 5.97 Å². The Morgan fingerprint density at radius 3 is 2.51 bits per heavy atom. The number of amides is 3. The molecule has 208 valence electrons. The average molecular weight is 554 g/mol. The fourth-order valence-electron chi connectivity index (χ4n) is 4.51. The normalized spacial score (nSPS) is 17.6. The van der Waals surface area contributed by atoms with E-state index in [1.54, 1.807) is 31.2 Å². The van der Waals surface area contributed by atoms with Crippen LogP contribution < -0.4 is 15.4 Å². The number of ether oxygens (including phenoxy) is 1. The summed E-state index contributed by atoms with van der Waals surface area (Å²) in [5.41, 5.74) is 1.49. The van der Waals surface area contributed by atoms with E-state index in [9.17, 15) is 24.3 Å². The van der Waals surface area contributed by atoms with Crippen LogP contribution in [-0.2, 0) is 20.8 Å². The largest absolute Gasteiger partial charge is 0.426 e. The number of nitrogens with zero attached hydrogens (tertiary/aromatic N) is 1. The van der Waals surface area contributed by atoms with Crippen LogP contribution in [-0.4, -0.2) is 69.1 Å². The van der Waals surface area contributed by atoms with Crippen LogP contribution in [0.5, 0.6) is 5.75 Å². The first-order valence-electron chi connectivity index (χ1n) is 12.6. The molecule has 0 aliphatic carbocycles. The van der Waals surface area contributed by atoms with Crippen LogP contribution in [0.3, 0.4) is 0 Å². The number of esters is 1. The average Bonchev–Trinajstić information content (AvgIpc) is 3.22. The number of hydrogen-bond donors (Lipinski definition) is 3. The highest BCUT2D eigenvalue weighted by molar-refractivity contribution is 8.00. The van der Waals surface area contributed by atoms with Gasteiger partial charge in [0.15, 0.2) is 6.10 Å². The van der Waals surface area contributed by atoms with Gasteiger partial charge in [0.05, 0.1) is 11.9 Å². The molecule has 3 atom stereocenters. The minimum absolute atomic E-state index is 0.167. The maximum Gasteiger partial charge on any atom is 0.308 e. The lowest BCUT2D eigenvalue weighted by molar-refractivity contribution is -0.147. The van der Waals surface area contributed by atoms with Gasteiger partial charge in [-0.05, 0) is 44.9 Å². The molecule has 0 bridgehead atoms. The van der Waals surface area contributed by atoms with Crippen molar-refractivity contribution in [3.05, 3.63) is 77.9 Å². The van der Waals surface area contributed by atoms with Crippen LogP contribution in [0.25, 0.3) is 0 Å². The summed E-state index contributed by atoms with van der Waals surface area (Å²) in [7, 11) is 0. The number of carbonyl (C=O) groups is 4. The molecule has 39 heavy (non-hydrogen) atoms. The smallest absolute Gasteiger partial charge is 0.308 e. The molecule has 1 saturated heterocycles. The number of hydrogen-bond acceptors (Lipinski definition) is 7. The third-order valence-electron chi connectivity index (χ3n) is 6.53. The summed E-state index contributed by atoms with van der Waals surface area (Å²) >= 11 is 1.44. The number of benzene rings is 2. The van der Waals surface area contributed by atoms with Crippen LogP contribution in [0.1, 0.15) is 42.3 Å². The van der Waals surface area contributed by atoms with Crippen molar-refractivity contribution in [1.82, 2.24) is 15.5 Å². The number of aliphatic hydroxyl groups is 1. The van der Waals surface area contributed by atoms with Crippen molar-refractivity contribution in [2.75, 3.05) is 12.4 Å². The van der Waals surface area contributed by atoms with E-state index in [0.717, 1.165) is 5.56 Å². The minimum Gasteiger partial charge on any atom is -0.426 e. The van der Waals surface area contributed by atoms with E-state index in [1.807, 2.05) is 44.2 Å². The zero-order chi connectivity index (χ0) is 28.7. The monoisotopic (exact) mass is 553 g/mol. The summed E-state index contributed by atoms with van der Waals surface area (Å²) in [4.78, 5) is 52.9. The lowest BCUT2D eigenvalue weighted by Gasteiger charge is -2.33.